The molecule has 184 valence electrons. The van der Waals surface area contributed by atoms with E-state index in [-0.39, 0.29) is 35.8 Å². The van der Waals surface area contributed by atoms with Crippen molar-refractivity contribution in [3.63, 3.8) is 0 Å². The first-order chi connectivity index (χ1) is 16.6. The molecule has 1 unspecified atom stereocenters. The van der Waals surface area contributed by atoms with Gasteiger partial charge in [-0.2, -0.15) is 0 Å². The number of nitrogens with one attached hydrogen (secondary N) is 2. The maximum Gasteiger partial charge on any atom is 0.335 e. The lowest BCUT2D eigenvalue weighted by Crippen LogP contribution is -2.49. The van der Waals surface area contributed by atoms with Crippen LogP contribution in [-0.4, -0.2) is 52.3 Å². The van der Waals surface area contributed by atoms with Gasteiger partial charge in [0.25, 0.3) is 5.69 Å². The highest BCUT2D eigenvalue weighted by molar-refractivity contribution is 5.99. The van der Waals surface area contributed by atoms with Crippen molar-refractivity contribution < 1.29 is 24.4 Å². The molecule has 10 heteroatoms. The average molecular weight is 481 g/mol. The third-order valence-electron chi connectivity index (χ3n) is 6.11. The third kappa shape index (κ3) is 5.72. The van der Waals surface area contributed by atoms with E-state index in [1.807, 2.05) is 26.0 Å². The zero-order valence-electron chi connectivity index (χ0n) is 19.8. The van der Waals surface area contributed by atoms with E-state index in [1.54, 1.807) is 12.1 Å². The number of hydrogen-bond acceptors (Lipinski definition) is 6. The number of allylic oxidation sites excluding steroid dienone is 1. The number of nitro groups is 1. The molecule has 0 saturated carbocycles. The predicted octanol–water partition coefficient (Wildman–Crippen LogP) is 3.50. The van der Waals surface area contributed by atoms with Gasteiger partial charge >= 0.3 is 12.0 Å². The maximum absolute atomic E-state index is 12.8. The zero-order chi connectivity index (χ0) is 25.7. The lowest BCUT2D eigenvalue weighted by atomic mass is 9.93. The van der Waals surface area contributed by atoms with Gasteiger partial charge in [0.05, 0.1) is 23.1 Å². The molecule has 1 heterocycles. The summed E-state index contributed by atoms with van der Waals surface area (Å²) < 4.78 is 0. The van der Waals surface area contributed by atoms with E-state index >= 15 is 0 Å². The minimum absolute atomic E-state index is 0.0388. The molecule has 0 aliphatic carbocycles. The molecule has 35 heavy (non-hydrogen) atoms. The van der Waals surface area contributed by atoms with E-state index in [4.69, 9.17) is 0 Å². The molecule has 2 amide bonds. The summed E-state index contributed by atoms with van der Waals surface area (Å²) in [5.41, 5.74) is 2.91. The Labute approximate surface area is 202 Å². The van der Waals surface area contributed by atoms with Crippen LogP contribution in [-0.2, 0) is 4.79 Å². The van der Waals surface area contributed by atoms with Gasteiger partial charge in [0.15, 0.2) is 5.78 Å². The normalized spacial score (nSPS) is 15.7. The van der Waals surface area contributed by atoms with Crippen molar-refractivity contribution in [1.29, 1.82) is 0 Å². The van der Waals surface area contributed by atoms with Gasteiger partial charge in [-0.25, -0.2) is 9.59 Å². The van der Waals surface area contributed by atoms with Crippen molar-refractivity contribution in [2.24, 2.45) is 0 Å². The molecular weight excluding hydrogens is 452 g/mol. The van der Waals surface area contributed by atoms with Gasteiger partial charge < -0.3 is 20.6 Å². The highest BCUT2D eigenvalue weighted by atomic mass is 16.6. The molecule has 0 saturated heterocycles. The van der Waals surface area contributed by atoms with Crippen LogP contribution >= 0.6 is 0 Å². The second kappa shape index (κ2) is 10.9. The van der Waals surface area contributed by atoms with Crippen molar-refractivity contribution >= 4 is 23.5 Å². The van der Waals surface area contributed by atoms with Crippen LogP contribution < -0.4 is 10.6 Å². The van der Waals surface area contributed by atoms with Crippen LogP contribution in [0, 0.1) is 24.0 Å². The number of nitro benzene ring substituents is 1. The van der Waals surface area contributed by atoms with Crippen LogP contribution in [0.2, 0.25) is 0 Å². The molecular formula is C25H28N4O6. The first-order valence-corrected chi connectivity index (χ1v) is 11.2. The number of Topliss-reactive ketones (excluding diaryl/α,β-unsaturated/α-hetero) is 1. The molecule has 0 bridgehead atoms. The summed E-state index contributed by atoms with van der Waals surface area (Å²) >= 11 is 0. The summed E-state index contributed by atoms with van der Waals surface area (Å²) in [6.45, 7) is 6.05. The van der Waals surface area contributed by atoms with Crippen molar-refractivity contribution in [1.82, 2.24) is 15.5 Å². The van der Waals surface area contributed by atoms with Gasteiger partial charge in [-0.15, -0.1) is 0 Å². The maximum atomic E-state index is 12.8. The number of benzene rings is 2. The Kier molecular flexibility index (Phi) is 7.98. The number of aryl methyl sites for hydroxylation is 1. The Bertz CT molecular complexity index is 1210. The summed E-state index contributed by atoms with van der Waals surface area (Å²) in [5, 5.41) is 26.7. The molecule has 3 rings (SSSR count). The van der Waals surface area contributed by atoms with Gasteiger partial charge in [0.1, 0.15) is 0 Å². The standard InChI is InChI=1S/C25H28N4O6/c1-15-7-4-10-20(16(15)2)21(30)14-26-11-6-12-28-23(18-8-5-9-19(13-18)29(34)35)22(24(31)32)17(3)27-25(28)33/h4-5,7-10,13,23,26H,6,11-12,14H2,1-3H3,(H,27,33)(H,31,32). The molecule has 0 spiro atoms. The van der Waals surface area contributed by atoms with E-state index in [0.29, 0.717) is 24.1 Å². The molecule has 1 aliphatic rings. The number of carbonyl (C=O) groups excluding carboxylic acids is 2. The monoisotopic (exact) mass is 480 g/mol. The quantitative estimate of drug-likeness (QED) is 0.204. The highest BCUT2D eigenvalue weighted by Crippen LogP contribution is 2.35. The number of carbonyl (C=O) groups is 3. The van der Waals surface area contributed by atoms with E-state index in [2.05, 4.69) is 10.6 Å². The zero-order valence-corrected chi connectivity index (χ0v) is 19.8. The number of ketones is 1. The van der Waals surface area contributed by atoms with Crippen molar-refractivity contribution in [3.05, 3.63) is 86.1 Å². The van der Waals surface area contributed by atoms with Crippen LogP contribution in [0.5, 0.6) is 0 Å². The summed E-state index contributed by atoms with van der Waals surface area (Å²) in [6, 6.07) is 9.73. The first kappa shape index (κ1) is 25.6. The fraction of sp³-hybridized carbons (Fsp3) is 0.320. The number of non-ortho nitro benzene ring substituents is 1. The molecule has 0 radical (unpaired) electrons. The summed E-state index contributed by atoms with van der Waals surface area (Å²) in [5.74, 6) is -1.26. The fourth-order valence-electron chi connectivity index (χ4n) is 4.17. The number of amides is 2. The second-order valence-electron chi connectivity index (χ2n) is 8.42. The lowest BCUT2D eigenvalue weighted by molar-refractivity contribution is -0.384. The summed E-state index contributed by atoms with van der Waals surface area (Å²) in [7, 11) is 0. The Morgan fingerprint density at radius 3 is 2.57 bits per heavy atom. The van der Waals surface area contributed by atoms with E-state index in [9.17, 15) is 29.6 Å². The van der Waals surface area contributed by atoms with Gasteiger partial charge in [0.2, 0.25) is 0 Å². The molecule has 10 nitrogen and oxygen atoms in total. The highest BCUT2D eigenvalue weighted by Gasteiger charge is 2.38. The number of hydrogen-bond donors (Lipinski definition) is 3. The number of carboxylic acids is 1. The van der Waals surface area contributed by atoms with Crippen molar-refractivity contribution in [2.75, 3.05) is 19.6 Å². The molecule has 2 aromatic carbocycles. The van der Waals surface area contributed by atoms with Crippen molar-refractivity contribution in [3.8, 4) is 0 Å². The van der Waals surface area contributed by atoms with E-state index in [0.717, 1.165) is 11.1 Å². The Morgan fingerprint density at radius 1 is 1.17 bits per heavy atom. The molecule has 0 aromatic heterocycles. The van der Waals surface area contributed by atoms with Crippen LogP contribution in [0.25, 0.3) is 0 Å². The summed E-state index contributed by atoms with van der Waals surface area (Å²) in [6.07, 6.45) is 0.435. The molecule has 2 aromatic rings. The average Bonchev–Trinajstić information content (AvgIpc) is 2.81. The van der Waals surface area contributed by atoms with Crippen LogP contribution in [0.1, 0.15) is 46.4 Å². The van der Waals surface area contributed by atoms with Gasteiger partial charge in [0, 0.05) is 29.9 Å². The predicted molar refractivity (Wildman–Crippen MR) is 129 cm³/mol. The minimum atomic E-state index is -1.22. The Balaban J connectivity index is 1.72. The second-order valence-corrected chi connectivity index (χ2v) is 8.42. The Morgan fingerprint density at radius 2 is 1.89 bits per heavy atom. The van der Waals surface area contributed by atoms with Crippen LogP contribution in [0.3, 0.4) is 0 Å². The largest absolute Gasteiger partial charge is 0.478 e. The minimum Gasteiger partial charge on any atom is -0.478 e. The molecule has 1 atom stereocenters. The van der Waals surface area contributed by atoms with Gasteiger partial charge in [-0.1, -0.05) is 30.3 Å². The number of carboxylic acid groups (broad SMARTS) is 1. The Hall–Kier alpha value is -4.05. The molecule has 0 fully saturated rings. The summed E-state index contributed by atoms with van der Waals surface area (Å²) in [4.78, 5) is 49.4. The van der Waals surface area contributed by atoms with Crippen LogP contribution in [0.15, 0.2) is 53.7 Å². The van der Waals surface area contributed by atoms with Gasteiger partial charge in [-0.05, 0) is 50.4 Å². The van der Waals surface area contributed by atoms with Crippen LogP contribution in [0.4, 0.5) is 10.5 Å². The van der Waals surface area contributed by atoms with E-state index in [1.165, 1.54) is 30.0 Å². The molecule has 1 aliphatic heterocycles. The third-order valence-corrected chi connectivity index (χ3v) is 6.11. The smallest absolute Gasteiger partial charge is 0.335 e. The lowest BCUT2D eigenvalue weighted by Gasteiger charge is -2.37. The topological polar surface area (TPSA) is 142 Å². The number of nitrogens with zero attached hydrogens (tertiary/aromatic N) is 2. The van der Waals surface area contributed by atoms with E-state index < -0.39 is 23.0 Å². The fourth-order valence-corrected chi connectivity index (χ4v) is 4.17. The number of rotatable bonds is 10. The first-order valence-electron chi connectivity index (χ1n) is 11.2. The van der Waals surface area contributed by atoms with Crippen molar-refractivity contribution in [2.45, 2.75) is 33.2 Å². The SMILES string of the molecule is CC1=C(C(=O)O)C(c2cccc([N+](=O)[O-])c2)N(CCCNCC(=O)c2cccc(C)c2C)C(=O)N1. The number of urea groups is 1. The van der Waals surface area contributed by atoms with Gasteiger partial charge in [-0.3, -0.25) is 14.9 Å². The molecule has 3 N–H and O–H groups in total. The number of aliphatic carboxylic acids is 1.